The third-order valence-electron chi connectivity index (χ3n) is 6.28. The summed E-state index contributed by atoms with van der Waals surface area (Å²) in [5.74, 6) is -0.960. The molecule has 2 aliphatic rings. The first-order chi connectivity index (χ1) is 19.1. The molecular formula is C29H19F5N2O3S. The number of alkyl halides is 3. The topological polar surface area (TPSA) is 64.2 Å². The van der Waals surface area contributed by atoms with Gasteiger partial charge in [-0.25, -0.2) is 8.78 Å². The average molecular weight is 571 g/mol. The Labute approximate surface area is 229 Å². The zero-order valence-corrected chi connectivity index (χ0v) is 21.4. The summed E-state index contributed by atoms with van der Waals surface area (Å²) in [7, 11) is 0. The lowest BCUT2D eigenvalue weighted by Crippen LogP contribution is -2.28. The molecule has 5 nitrogen and oxygen atoms in total. The maximum Gasteiger partial charge on any atom is 0.417 e. The van der Waals surface area contributed by atoms with Crippen LogP contribution < -0.4 is 5.56 Å². The summed E-state index contributed by atoms with van der Waals surface area (Å²) in [6.45, 7) is -0.529. The van der Waals surface area contributed by atoms with E-state index in [1.807, 2.05) is 12.2 Å². The Morgan fingerprint density at radius 1 is 1.07 bits per heavy atom. The van der Waals surface area contributed by atoms with Crippen molar-refractivity contribution in [1.82, 2.24) is 4.57 Å². The quantitative estimate of drug-likeness (QED) is 0.286. The van der Waals surface area contributed by atoms with Crippen molar-refractivity contribution in [3.63, 3.8) is 0 Å². The first-order valence-electron chi connectivity index (χ1n) is 12.0. The van der Waals surface area contributed by atoms with Crippen LogP contribution in [0.2, 0.25) is 0 Å². The monoisotopic (exact) mass is 570 g/mol. The maximum atomic E-state index is 14.5. The molecule has 11 heteroatoms. The number of hydrogen-bond acceptors (Lipinski definition) is 5. The van der Waals surface area contributed by atoms with Crippen molar-refractivity contribution in [2.45, 2.75) is 32.0 Å². The van der Waals surface area contributed by atoms with Crippen molar-refractivity contribution in [2.75, 3.05) is 0 Å². The molecule has 3 aromatic rings. The molecule has 1 aromatic carbocycles. The predicted molar refractivity (Wildman–Crippen MR) is 138 cm³/mol. The van der Waals surface area contributed by atoms with Gasteiger partial charge in [0.25, 0.3) is 5.56 Å². The molecule has 0 spiro atoms. The van der Waals surface area contributed by atoms with Gasteiger partial charge in [-0.15, -0.1) is 11.3 Å². The molecule has 2 aromatic heterocycles. The summed E-state index contributed by atoms with van der Waals surface area (Å²) in [5.41, 5.74) is -2.95. The number of hydrogen-bond donors (Lipinski definition) is 0. The number of halogens is 5. The average Bonchev–Trinajstić information content (AvgIpc) is 3.41. The van der Waals surface area contributed by atoms with Gasteiger partial charge in [-0.2, -0.15) is 18.4 Å². The zero-order chi connectivity index (χ0) is 28.4. The number of thiophene rings is 1. The van der Waals surface area contributed by atoms with Gasteiger partial charge in [-0.1, -0.05) is 29.9 Å². The lowest BCUT2D eigenvalue weighted by atomic mass is 10.0. The molecule has 40 heavy (non-hydrogen) atoms. The summed E-state index contributed by atoms with van der Waals surface area (Å²) < 4.78 is 81.8. The molecule has 3 heterocycles. The van der Waals surface area contributed by atoms with E-state index >= 15 is 0 Å². The minimum Gasteiger partial charge on any atom is -0.465 e. The van der Waals surface area contributed by atoms with E-state index in [-0.39, 0.29) is 16.1 Å². The number of rotatable bonds is 6. The molecule has 0 atom stereocenters. The van der Waals surface area contributed by atoms with Crippen molar-refractivity contribution in [3.8, 4) is 16.6 Å². The van der Waals surface area contributed by atoms with E-state index in [4.69, 9.17) is 9.47 Å². The number of aromatic nitrogens is 1. The Hall–Kier alpha value is -4.43. The Morgan fingerprint density at radius 3 is 2.58 bits per heavy atom. The minimum absolute atomic E-state index is 0.140. The molecule has 0 unspecified atom stereocenters. The molecule has 0 radical (unpaired) electrons. The third kappa shape index (κ3) is 5.62. The SMILES string of the molecule is N#Cc1c(C(F)(F)F)cc(-c2ccc(C3=COC=C(CC4=CC=CCC4)O3)s2)n(Cc2ccc(F)cc2F)c1=O. The number of ether oxygens (including phenoxy) is 2. The van der Waals surface area contributed by atoms with E-state index in [2.05, 4.69) is 6.08 Å². The van der Waals surface area contributed by atoms with Gasteiger partial charge >= 0.3 is 6.18 Å². The first-order valence-corrected chi connectivity index (χ1v) is 12.8. The highest BCUT2D eigenvalue weighted by Crippen LogP contribution is 2.38. The van der Waals surface area contributed by atoms with Gasteiger partial charge < -0.3 is 14.0 Å². The van der Waals surface area contributed by atoms with Gasteiger partial charge in [-0.3, -0.25) is 4.79 Å². The highest BCUT2D eigenvalue weighted by atomic mass is 32.1. The minimum atomic E-state index is -5.00. The highest BCUT2D eigenvalue weighted by molar-refractivity contribution is 7.16. The molecule has 1 aliphatic carbocycles. The van der Waals surface area contributed by atoms with Crippen molar-refractivity contribution in [1.29, 1.82) is 5.26 Å². The smallest absolute Gasteiger partial charge is 0.417 e. The molecule has 0 fully saturated rings. The molecular weight excluding hydrogens is 551 g/mol. The summed E-state index contributed by atoms with van der Waals surface area (Å²) in [6, 6.07) is 7.78. The van der Waals surface area contributed by atoms with E-state index in [1.165, 1.54) is 24.7 Å². The van der Waals surface area contributed by atoms with Crippen LogP contribution in [-0.4, -0.2) is 4.57 Å². The summed E-state index contributed by atoms with van der Waals surface area (Å²) in [6.07, 6.45) is 6.19. The Kier molecular flexibility index (Phi) is 7.45. The van der Waals surface area contributed by atoms with E-state index in [0.29, 0.717) is 34.9 Å². The molecule has 0 bridgehead atoms. The van der Waals surface area contributed by atoms with E-state index in [0.717, 1.165) is 46.5 Å². The van der Waals surface area contributed by atoms with Gasteiger partial charge in [-0.05, 0) is 37.1 Å². The lowest BCUT2D eigenvalue weighted by molar-refractivity contribution is -0.137. The van der Waals surface area contributed by atoms with Crippen LogP contribution in [0.4, 0.5) is 22.0 Å². The van der Waals surface area contributed by atoms with Crippen molar-refractivity contribution >= 4 is 17.1 Å². The maximum absolute atomic E-state index is 14.5. The van der Waals surface area contributed by atoms with Crippen LogP contribution in [0.3, 0.4) is 0 Å². The fourth-order valence-corrected chi connectivity index (χ4v) is 5.31. The largest absolute Gasteiger partial charge is 0.465 e. The van der Waals surface area contributed by atoms with Crippen LogP contribution >= 0.6 is 11.3 Å². The fraction of sp³-hybridized carbons (Fsp3) is 0.172. The number of allylic oxidation sites excluding steroid dienone is 4. The summed E-state index contributed by atoms with van der Waals surface area (Å²) >= 11 is 1.02. The number of nitriles is 1. The van der Waals surface area contributed by atoms with E-state index in [1.54, 1.807) is 6.07 Å². The molecule has 5 rings (SSSR count). The second-order valence-corrected chi connectivity index (χ2v) is 10.1. The number of nitrogens with zero attached hydrogens (tertiary/aromatic N) is 2. The van der Waals surface area contributed by atoms with Crippen LogP contribution in [0.25, 0.3) is 16.3 Å². The second-order valence-electron chi connectivity index (χ2n) is 8.99. The van der Waals surface area contributed by atoms with Gasteiger partial charge in [0.1, 0.15) is 41.6 Å². The molecule has 1 aliphatic heterocycles. The predicted octanol–water partition coefficient (Wildman–Crippen LogP) is 7.65. The zero-order valence-electron chi connectivity index (χ0n) is 20.6. The van der Waals surface area contributed by atoms with Crippen LogP contribution in [0.5, 0.6) is 0 Å². The van der Waals surface area contributed by atoms with Crippen LogP contribution in [0.15, 0.2) is 83.3 Å². The fourth-order valence-electron chi connectivity index (χ4n) is 4.34. The highest BCUT2D eigenvalue weighted by Gasteiger charge is 2.37. The number of pyridine rings is 1. The lowest BCUT2D eigenvalue weighted by Gasteiger charge is -2.18. The third-order valence-corrected chi connectivity index (χ3v) is 7.40. The molecule has 0 saturated heterocycles. The Bertz CT molecular complexity index is 1700. The normalized spacial score (nSPS) is 14.9. The Morgan fingerprint density at radius 2 is 1.88 bits per heavy atom. The number of benzene rings is 1. The van der Waals surface area contributed by atoms with Gasteiger partial charge in [0.15, 0.2) is 5.76 Å². The van der Waals surface area contributed by atoms with Crippen molar-refractivity contribution < 1.29 is 31.4 Å². The summed E-state index contributed by atoms with van der Waals surface area (Å²) in [5, 5.41) is 9.39. The standard InChI is InChI=1S/C29H19F5N2O3S/c30-19-7-6-18(23(31)11-19)14-36-24(12-22(29(32,33)34)21(13-35)28(36)37)26-8-9-27(40-26)25-16-38-15-20(39-25)10-17-4-2-1-3-5-17/h1-2,4,6-9,11-12,15-16H,3,5,10,14H2. The van der Waals surface area contributed by atoms with Crippen LogP contribution in [0.1, 0.15) is 40.8 Å². The van der Waals surface area contributed by atoms with Crippen molar-refractivity contribution in [3.05, 3.63) is 122 Å². The second kappa shape index (κ2) is 11.0. The van der Waals surface area contributed by atoms with Crippen LogP contribution in [0, 0.1) is 23.0 Å². The van der Waals surface area contributed by atoms with Crippen molar-refractivity contribution in [2.24, 2.45) is 0 Å². The Balaban J connectivity index is 1.53. The van der Waals surface area contributed by atoms with Gasteiger partial charge in [0, 0.05) is 18.1 Å². The van der Waals surface area contributed by atoms with Crippen LogP contribution in [-0.2, 0) is 22.2 Å². The molecule has 0 amide bonds. The van der Waals surface area contributed by atoms with Gasteiger partial charge in [0.05, 0.1) is 27.6 Å². The molecule has 0 saturated carbocycles. The first kappa shape index (κ1) is 27.1. The van der Waals surface area contributed by atoms with Gasteiger partial charge in [0.2, 0.25) is 0 Å². The summed E-state index contributed by atoms with van der Waals surface area (Å²) in [4.78, 5) is 13.9. The van der Waals surface area contributed by atoms with E-state index < -0.39 is 41.0 Å². The molecule has 204 valence electrons. The molecule has 0 N–H and O–H groups in total. The van der Waals surface area contributed by atoms with E-state index in [9.17, 15) is 32.0 Å².